The third-order valence-corrected chi connectivity index (χ3v) is 11.2. The van der Waals surface area contributed by atoms with Crippen LogP contribution in [0.25, 0.3) is 0 Å². The summed E-state index contributed by atoms with van der Waals surface area (Å²) in [4.78, 5) is 125. The van der Waals surface area contributed by atoms with Gasteiger partial charge in [-0.05, 0) is 77.9 Å². The molecule has 0 aliphatic carbocycles. The lowest BCUT2D eigenvalue weighted by molar-refractivity contribution is -0.138. The number of carbonyl (C=O) groups excluding carboxylic acids is 10. The molecule has 8 rings (SSSR count). The Morgan fingerprint density at radius 1 is 0.694 bits per heavy atom. The number of aryl methyl sites for hydroxylation is 1. The summed E-state index contributed by atoms with van der Waals surface area (Å²) in [7, 11) is 0. The molecule has 4 aliphatic rings. The van der Waals surface area contributed by atoms with Gasteiger partial charge >= 0.3 is 0 Å². The Hall–Kier alpha value is -7.20. The monoisotopic (exact) mass is 861 g/mol. The van der Waals surface area contributed by atoms with E-state index >= 15 is 0 Å². The van der Waals surface area contributed by atoms with Crippen LogP contribution in [0, 0.1) is 5.82 Å². The molecule has 2 fully saturated rings. The molecule has 7 amide bonds. The second-order valence-corrected chi connectivity index (χ2v) is 15.5. The summed E-state index contributed by atoms with van der Waals surface area (Å²) in [5, 5.41) is 7.42. The Labute approximate surface area is 358 Å². The topological polar surface area (TPSA) is 213 Å². The molecule has 2 atom stereocenters. The van der Waals surface area contributed by atoms with Gasteiger partial charge in [0.05, 0.1) is 0 Å². The molecule has 2 saturated heterocycles. The molecule has 0 spiro atoms. The van der Waals surface area contributed by atoms with Crippen molar-refractivity contribution in [3.8, 4) is 0 Å². The van der Waals surface area contributed by atoms with E-state index in [9.17, 15) is 52.3 Å². The largest absolute Gasteiger partial charge is 0.345 e. The van der Waals surface area contributed by atoms with Gasteiger partial charge < -0.3 is 15.1 Å². The highest BCUT2D eigenvalue weighted by molar-refractivity contribution is 6.44. The number of halogens is 2. The zero-order valence-electron chi connectivity index (χ0n) is 32.8. The molecule has 4 aromatic carbocycles. The number of carbonyl (C=O) groups is 10. The van der Waals surface area contributed by atoms with Gasteiger partial charge in [-0.3, -0.25) is 58.6 Å². The van der Waals surface area contributed by atoms with Gasteiger partial charge in [-0.1, -0.05) is 60.1 Å². The zero-order chi connectivity index (χ0) is 44.2. The van der Waals surface area contributed by atoms with Crippen LogP contribution in [-0.4, -0.2) is 80.6 Å². The van der Waals surface area contributed by atoms with E-state index in [1.807, 2.05) is 6.07 Å². The van der Waals surface area contributed by atoms with Gasteiger partial charge in [0.25, 0.3) is 17.7 Å². The number of benzene rings is 4. The molecular formula is C45H37ClFN5O10. The van der Waals surface area contributed by atoms with Crippen LogP contribution in [0.3, 0.4) is 0 Å². The number of nitrogens with zero attached hydrogens (tertiary/aromatic N) is 2. The molecule has 0 saturated carbocycles. The maximum Gasteiger partial charge on any atom is 0.292 e. The van der Waals surface area contributed by atoms with E-state index in [1.165, 1.54) is 34.1 Å². The number of nitrogens with one attached hydrogen (secondary N) is 3. The van der Waals surface area contributed by atoms with E-state index < -0.39 is 53.0 Å². The van der Waals surface area contributed by atoms with Crippen molar-refractivity contribution in [1.82, 2.24) is 25.8 Å². The van der Waals surface area contributed by atoms with Gasteiger partial charge in [-0.15, -0.1) is 0 Å². The first-order chi connectivity index (χ1) is 29.7. The summed E-state index contributed by atoms with van der Waals surface area (Å²) >= 11 is 5.88. The molecule has 0 bridgehead atoms. The minimum absolute atomic E-state index is 0.0144. The van der Waals surface area contributed by atoms with Crippen LogP contribution in [0.4, 0.5) is 4.39 Å². The number of ketones is 3. The third-order valence-electron chi connectivity index (χ3n) is 11.0. The van der Waals surface area contributed by atoms with Crippen LogP contribution >= 0.6 is 11.6 Å². The van der Waals surface area contributed by atoms with E-state index in [2.05, 4.69) is 16.0 Å². The molecule has 4 aromatic rings. The molecule has 15 nitrogen and oxygen atoms in total. The van der Waals surface area contributed by atoms with Crippen molar-refractivity contribution in [3.05, 3.63) is 140 Å². The average Bonchev–Trinajstić information content (AvgIpc) is 3.76. The minimum atomic E-state index is -0.894. The fraction of sp³-hybridized carbons (Fsp3) is 0.244. The van der Waals surface area contributed by atoms with Gasteiger partial charge in [-0.2, -0.15) is 0 Å². The summed E-state index contributed by atoms with van der Waals surface area (Å²) in [5.41, 5.74) is 3.98. The van der Waals surface area contributed by atoms with Crippen molar-refractivity contribution in [1.29, 1.82) is 0 Å². The normalized spacial score (nSPS) is 18.0. The fourth-order valence-corrected chi connectivity index (χ4v) is 7.97. The molecule has 3 N–H and O–H groups in total. The van der Waals surface area contributed by atoms with Crippen molar-refractivity contribution in [2.45, 2.75) is 70.2 Å². The van der Waals surface area contributed by atoms with Gasteiger partial charge in [0.1, 0.15) is 17.9 Å². The lowest BCUT2D eigenvalue weighted by Crippen LogP contribution is -2.52. The molecule has 62 heavy (non-hydrogen) atoms. The van der Waals surface area contributed by atoms with Crippen LogP contribution in [0.15, 0.2) is 84.9 Å². The van der Waals surface area contributed by atoms with E-state index in [-0.39, 0.29) is 80.1 Å². The van der Waals surface area contributed by atoms with Crippen LogP contribution in [0.1, 0.15) is 95.8 Å². The Bertz CT molecular complexity index is 2610. The third kappa shape index (κ3) is 9.24. The van der Waals surface area contributed by atoms with Gasteiger partial charge in [0.2, 0.25) is 41.0 Å². The minimum Gasteiger partial charge on any atom is -0.345 e. The Kier molecular flexibility index (Phi) is 12.6. The highest BCUT2D eigenvalue weighted by atomic mass is 35.5. The first kappa shape index (κ1) is 42.9. The summed E-state index contributed by atoms with van der Waals surface area (Å²) in [6.45, 7) is 0.410. The molecule has 17 heteroatoms. The average molecular weight is 862 g/mol. The maximum atomic E-state index is 13.3. The van der Waals surface area contributed by atoms with Crippen molar-refractivity contribution < 1.29 is 52.3 Å². The van der Waals surface area contributed by atoms with Crippen LogP contribution in [0.2, 0.25) is 5.02 Å². The fourth-order valence-electron chi connectivity index (χ4n) is 7.78. The predicted molar refractivity (Wildman–Crippen MR) is 217 cm³/mol. The van der Waals surface area contributed by atoms with E-state index in [0.717, 1.165) is 17.2 Å². The highest BCUT2D eigenvalue weighted by Crippen LogP contribution is 2.31. The quantitative estimate of drug-likeness (QED) is 0.113. The summed E-state index contributed by atoms with van der Waals surface area (Å²) < 4.78 is 13.3. The Balaban J connectivity index is 0.000000186. The lowest BCUT2D eigenvalue weighted by atomic mass is 9.99. The number of hydrogen-bond donors (Lipinski definition) is 3. The molecule has 0 aromatic heterocycles. The smallest absolute Gasteiger partial charge is 0.292 e. The molecule has 2 unspecified atom stereocenters. The number of imide groups is 2. The van der Waals surface area contributed by atoms with Gasteiger partial charge in [-0.25, -0.2) is 4.39 Å². The second-order valence-electron chi connectivity index (χ2n) is 15.0. The summed E-state index contributed by atoms with van der Waals surface area (Å²) in [6.07, 6.45) is 1.29. The zero-order valence-corrected chi connectivity index (χ0v) is 33.6. The van der Waals surface area contributed by atoms with E-state index in [0.29, 0.717) is 40.1 Å². The summed E-state index contributed by atoms with van der Waals surface area (Å²) in [6, 6.07) is 20.0. The molecule has 0 radical (unpaired) electrons. The maximum absolute atomic E-state index is 13.3. The van der Waals surface area contributed by atoms with Gasteiger partial charge in [0, 0.05) is 66.2 Å². The van der Waals surface area contributed by atoms with Gasteiger partial charge in [0.15, 0.2) is 0 Å². The van der Waals surface area contributed by atoms with Crippen molar-refractivity contribution in [2.24, 2.45) is 0 Å². The number of piperidine rings is 2. The number of Topliss-reactive ketones (excluding diaryl/α,β-unsaturated/α-hetero) is 3. The van der Waals surface area contributed by atoms with E-state index in [1.54, 1.807) is 48.5 Å². The molecule has 4 heterocycles. The molecular weight excluding hydrogens is 825 g/mol. The number of hydrogen-bond acceptors (Lipinski definition) is 10. The summed E-state index contributed by atoms with van der Waals surface area (Å²) in [5.74, 6) is -5.70. The number of rotatable bonds is 11. The predicted octanol–water partition coefficient (Wildman–Crippen LogP) is 3.57. The standard InChI is InChI=1S/C23H19ClN2O5.C22H18FN3O5/c24-16-3-1-2-14(11-16)21(29)19(27)8-5-13-4-6-17-15(10-13)12-26(23(17)31)18-7-9-20(28)25-22(18)30;23-14-5-1-3-12(9-14)19(28)21(30)24-10-13-4-2-6-15-16(13)11-26(22(15)31)17-7-8-18(27)25-20(17)29/h1-4,6,10-11,18H,5,7-9,12H2,(H,25,28,30);1-6,9,17H,7-8,10-11H2,(H,24,30)(H,25,27,29). The number of fused-ring (bicyclic) bond motifs is 2. The first-order valence-electron chi connectivity index (χ1n) is 19.6. The SMILES string of the molecule is O=C1CCC(N2Cc3c(CNC(=O)C(=O)c4cccc(F)c4)cccc3C2=O)C(=O)N1.O=C1CCC(N2Cc3cc(CCC(=O)C(=O)c4cccc(Cl)c4)ccc3C2=O)C(=O)N1. The number of amides is 7. The van der Waals surface area contributed by atoms with Crippen molar-refractivity contribution in [2.75, 3.05) is 0 Å². The Morgan fingerprint density at radius 3 is 1.95 bits per heavy atom. The van der Waals surface area contributed by atoms with Crippen LogP contribution in [-0.2, 0) is 54.8 Å². The van der Waals surface area contributed by atoms with Crippen LogP contribution in [0.5, 0.6) is 0 Å². The lowest BCUT2D eigenvalue weighted by Gasteiger charge is -2.29. The van der Waals surface area contributed by atoms with Crippen molar-refractivity contribution in [3.63, 3.8) is 0 Å². The molecule has 4 aliphatic heterocycles. The van der Waals surface area contributed by atoms with E-state index in [4.69, 9.17) is 11.6 Å². The molecule has 316 valence electrons. The second kappa shape index (κ2) is 18.2. The first-order valence-corrected chi connectivity index (χ1v) is 20.0. The Morgan fingerprint density at radius 2 is 1.31 bits per heavy atom. The van der Waals surface area contributed by atoms with Crippen molar-refractivity contribution >= 4 is 70.3 Å². The highest BCUT2D eigenvalue weighted by Gasteiger charge is 2.41. The van der Waals surface area contributed by atoms with Crippen LogP contribution < -0.4 is 16.0 Å².